The van der Waals surface area contributed by atoms with Crippen LogP contribution in [0, 0.1) is 5.92 Å². The van der Waals surface area contributed by atoms with Crippen molar-refractivity contribution in [2.75, 3.05) is 18.5 Å². The number of amides is 1. The lowest BCUT2D eigenvalue weighted by molar-refractivity contribution is -0.117. The first-order valence-corrected chi connectivity index (χ1v) is 7.37. The van der Waals surface area contributed by atoms with E-state index in [9.17, 15) is 9.59 Å². The number of nitrogens with one attached hydrogen (secondary N) is 1. The van der Waals surface area contributed by atoms with Crippen LogP contribution in [0.3, 0.4) is 0 Å². The highest BCUT2D eigenvalue weighted by Gasteiger charge is 2.11. The molecule has 0 bridgehead atoms. The van der Waals surface area contributed by atoms with Gasteiger partial charge < -0.3 is 15.8 Å². The number of rotatable bonds is 8. The Morgan fingerprint density at radius 3 is 2.43 bits per heavy atom. The van der Waals surface area contributed by atoms with E-state index in [1.54, 1.807) is 24.3 Å². The van der Waals surface area contributed by atoms with E-state index < -0.39 is 0 Å². The average molecular weight is 292 g/mol. The minimum Gasteiger partial charge on any atom is -0.462 e. The summed E-state index contributed by atoms with van der Waals surface area (Å²) in [5.74, 6) is -0.203. The molecule has 0 radical (unpaired) electrons. The molecule has 0 saturated carbocycles. The van der Waals surface area contributed by atoms with E-state index in [-0.39, 0.29) is 17.8 Å². The van der Waals surface area contributed by atoms with Gasteiger partial charge in [-0.25, -0.2) is 4.79 Å². The van der Waals surface area contributed by atoms with E-state index in [4.69, 9.17) is 10.5 Å². The van der Waals surface area contributed by atoms with Gasteiger partial charge in [0.25, 0.3) is 0 Å². The average Bonchev–Trinajstić information content (AvgIpc) is 2.50. The van der Waals surface area contributed by atoms with Gasteiger partial charge in [-0.05, 0) is 43.1 Å². The lowest BCUT2D eigenvalue weighted by Crippen LogP contribution is -2.21. The van der Waals surface area contributed by atoms with Crippen molar-refractivity contribution < 1.29 is 14.3 Å². The molecule has 0 saturated heterocycles. The molecule has 0 heterocycles. The minimum atomic E-state index is -0.344. The molecule has 0 aliphatic carbocycles. The molecule has 3 N–H and O–H groups in total. The Morgan fingerprint density at radius 1 is 1.24 bits per heavy atom. The lowest BCUT2D eigenvalue weighted by Gasteiger charge is -2.12. The van der Waals surface area contributed by atoms with E-state index in [2.05, 4.69) is 5.32 Å². The molecule has 1 aromatic carbocycles. The quantitative estimate of drug-likeness (QED) is 0.721. The summed E-state index contributed by atoms with van der Waals surface area (Å²) in [6.45, 7) is 4.87. The normalized spacial score (nSPS) is 11.8. The smallest absolute Gasteiger partial charge is 0.338 e. The Balaban J connectivity index is 2.54. The molecule has 1 rings (SSSR count). The van der Waals surface area contributed by atoms with Gasteiger partial charge in [-0.3, -0.25) is 4.79 Å². The van der Waals surface area contributed by atoms with Crippen molar-refractivity contribution in [2.45, 2.75) is 33.1 Å². The maximum absolute atomic E-state index is 11.8. The van der Waals surface area contributed by atoms with Crippen LogP contribution in [-0.2, 0) is 9.53 Å². The predicted octanol–water partition coefficient (Wildman–Crippen LogP) is 2.57. The fraction of sp³-hybridized carbons (Fsp3) is 0.500. The van der Waals surface area contributed by atoms with Crippen LogP contribution in [0.2, 0.25) is 0 Å². The zero-order chi connectivity index (χ0) is 15.7. The van der Waals surface area contributed by atoms with E-state index in [0.29, 0.717) is 30.8 Å². The van der Waals surface area contributed by atoms with Gasteiger partial charge in [-0.15, -0.1) is 0 Å². The molecule has 1 unspecified atom stereocenters. The standard InChI is InChI=1S/C16H24N2O3/c1-3-9-21-16(20)13-5-7-14(8-6-13)18-15(19)10-12(4-2)11-17/h5-8,12H,3-4,9-11,17H2,1-2H3,(H,18,19). The van der Waals surface area contributed by atoms with Crippen molar-refractivity contribution in [3.63, 3.8) is 0 Å². The number of esters is 1. The molecule has 0 aromatic heterocycles. The second-order valence-electron chi connectivity index (χ2n) is 4.98. The first kappa shape index (κ1) is 17.2. The van der Waals surface area contributed by atoms with Gasteiger partial charge in [-0.1, -0.05) is 20.3 Å². The Bertz CT molecular complexity index is 453. The highest BCUT2D eigenvalue weighted by Crippen LogP contribution is 2.13. The molecule has 21 heavy (non-hydrogen) atoms. The van der Waals surface area contributed by atoms with Crippen LogP contribution in [0.4, 0.5) is 5.69 Å². The Kier molecular flexibility index (Phi) is 7.46. The monoisotopic (exact) mass is 292 g/mol. The fourth-order valence-corrected chi connectivity index (χ4v) is 1.84. The van der Waals surface area contributed by atoms with E-state index >= 15 is 0 Å². The van der Waals surface area contributed by atoms with Crippen LogP contribution >= 0.6 is 0 Å². The number of benzene rings is 1. The summed E-state index contributed by atoms with van der Waals surface area (Å²) in [5.41, 5.74) is 6.73. The van der Waals surface area contributed by atoms with Crippen molar-refractivity contribution >= 4 is 17.6 Å². The van der Waals surface area contributed by atoms with Gasteiger partial charge in [0.2, 0.25) is 5.91 Å². The molecule has 5 heteroatoms. The third kappa shape index (κ3) is 5.95. The minimum absolute atomic E-state index is 0.0615. The van der Waals surface area contributed by atoms with Crippen molar-refractivity contribution in [3.8, 4) is 0 Å². The zero-order valence-corrected chi connectivity index (χ0v) is 12.7. The first-order valence-electron chi connectivity index (χ1n) is 7.37. The van der Waals surface area contributed by atoms with Crippen molar-refractivity contribution in [2.24, 2.45) is 11.7 Å². The van der Waals surface area contributed by atoms with Gasteiger partial charge in [-0.2, -0.15) is 0 Å². The van der Waals surface area contributed by atoms with Gasteiger partial charge in [0, 0.05) is 12.1 Å². The highest BCUT2D eigenvalue weighted by atomic mass is 16.5. The third-order valence-corrected chi connectivity index (χ3v) is 3.23. The summed E-state index contributed by atoms with van der Waals surface area (Å²) in [6, 6.07) is 6.69. The van der Waals surface area contributed by atoms with Crippen LogP contribution in [-0.4, -0.2) is 25.0 Å². The first-order chi connectivity index (χ1) is 10.1. The Labute approximate surface area is 125 Å². The SMILES string of the molecule is CCCOC(=O)c1ccc(NC(=O)CC(CC)CN)cc1. The van der Waals surface area contributed by atoms with Gasteiger partial charge in [0.1, 0.15) is 0 Å². The summed E-state index contributed by atoms with van der Waals surface area (Å²) in [5, 5.41) is 2.80. The number of nitrogens with two attached hydrogens (primary N) is 1. The van der Waals surface area contributed by atoms with Gasteiger partial charge in [0.15, 0.2) is 0 Å². The third-order valence-electron chi connectivity index (χ3n) is 3.23. The van der Waals surface area contributed by atoms with Crippen LogP contribution in [0.5, 0.6) is 0 Å². The molecular formula is C16H24N2O3. The maximum Gasteiger partial charge on any atom is 0.338 e. The molecule has 1 amide bonds. The maximum atomic E-state index is 11.8. The molecular weight excluding hydrogens is 268 g/mol. The summed E-state index contributed by atoms with van der Waals surface area (Å²) >= 11 is 0. The Morgan fingerprint density at radius 2 is 1.90 bits per heavy atom. The molecule has 0 spiro atoms. The number of carbonyl (C=O) groups excluding carboxylic acids is 2. The van der Waals surface area contributed by atoms with Crippen LogP contribution in [0.25, 0.3) is 0 Å². The molecule has 1 aromatic rings. The zero-order valence-electron chi connectivity index (χ0n) is 12.7. The van der Waals surface area contributed by atoms with Crippen molar-refractivity contribution in [1.29, 1.82) is 0 Å². The molecule has 0 aliphatic heterocycles. The highest BCUT2D eigenvalue weighted by molar-refractivity contribution is 5.93. The summed E-state index contributed by atoms with van der Waals surface area (Å²) in [4.78, 5) is 23.5. The van der Waals surface area contributed by atoms with Crippen LogP contribution in [0.15, 0.2) is 24.3 Å². The second kappa shape index (κ2) is 9.13. The molecule has 5 nitrogen and oxygen atoms in total. The largest absolute Gasteiger partial charge is 0.462 e. The van der Waals surface area contributed by atoms with Crippen LogP contribution < -0.4 is 11.1 Å². The van der Waals surface area contributed by atoms with Crippen molar-refractivity contribution in [1.82, 2.24) is 0 Å². The van der Waals surface area contributed by atoms with Gasteiger partial charge in [0.05, 0.1) is 12.2 Å². The number of hydrogen-bond donors (Lipinski definition) is 2. The molecule has 0 fully saturated rings. The van der Waals surface area contributed by atoms with Crippen molar-refractivity contribution in [3.05, 3.63) is 29.8 Å². The number of hydrogen-bond acceptors (Lipinski definition) is 4. The summed E-state index contributed by atoms with van der Waals surface area (Å²) < 4.78 is 5.04. The Hall–Kier alpha value is -1.88. The second-order valence-corrected chi connectivity index (χ2v) is 4.98. The van der Waals surface area contributed by atoms with E-state index in [0.717, 1.165) is 12.8 Å². The number of anilines is 1. The van der Waals surface area contributed by atoms with E-state index in [1.165, 1.54) is 0 Å². The molecule has 1 atom stereocenters. The topological polar surface area (TPSA) is 81.4 Å². The lowest BCUT2D eigenvalue weighted by atomic mass is 10.0. The number of ether oxygens (including phenoxy) is 1. The predicted molar refractivity (Wildman–Crippen MR) is 83.1 cm³/mol. The van der Waals surface area contributed by atoms with Gasteiger partial charge >= 0.3 is 5.97 Å². The fourth-order valence-electron chi connectivity index (χ4n) is 1.84. The summed E-state index contributed by atoms with van der Waals surface area (Å²) in [6.07, 6.45) is 2.08. The van der Waals surface area contributed by atoms with Crippen LogP contribution in [0.1, 0.15) is 43.5 Å². The summed E-state index contributed by atoms with van der Waals surface area (Å²) in [7, 11) is 0. The number of carbonyl (C=O) groups is 2. The molecule has 0 aliphatic rings. The van der Waals surface area contributed by atoms with E-state index in [1.807, 2.05) is 13.8 Å². The molecule has 116 valence electrons.